The molecule has 0 unspecified atom stereocenters. The highest BCUT2D eigenvalue weighted by molar-refractivity contribution is 6.29. The number of aromatic nitrogens is 2. The van der Waals surface area contributed by atoms with Crippen LogP contribution in [0.1, 0.15) is 77.2 Å². The first-order valence-corrected chi connectivity index (χ1v) is 12.4. The summed E-state index contributed by atoms with van der Waals surface area (Å²) >= 11 is 0. The maximum absolute atomic E-state index is 13.6. The van der Waals surface area contributed by atoms with E-state index in [1.807, 2.05) is 6.92 Å². The molecular weight excluding hydrogens is 385 g/mol. The number of rotatable bonds is 3. The summed E-state index contributed by atoms with van der Waals surface area (Å²) < 4.78 is 1.65. The molecule has 1 aromatic rings. The zero-order chi connectivity index (χ0) is 22.0. The molecule has 0 aliphatic heterocycles. The summed E-state index contributed by atoms with van der Waals surface area (Å²) in [7, 11) is 2.22. The highest BCUT2D eigenvalue weighted by Gasteiger charge is 2.63. The number of hydrogen-bond acceptors (Lipinski definition) is 4. The average Bonchev–Trinajstić information content (AvgIpc) is 3.29. The van der Waals surface area contributed by atoms with Crippen LogP contribution in [-0.2, 0) is 11.3 Å². The number of aliphatic hydroxyl groups is 1. The van der Waals surface area contributed by atoms with Gasteiger partial charge in [-0.25, -0.2) is 0 Å². The van der Waals surface area contributed by atoms with Gasteiger partial charge in [0.15, 0.2) is 5.78 Å². The lowest BCUT2D eigenvalue weighted by atomic mass is 9.43. The first-order valence-electron chi connectivity index (χ1n) is 12.4. The number of ketones is 1. The third kappa shape index (κ3) is 3.22. The molecule has 0 amide bonds. The summed E-state index contributed by atoms with van der Waals surface area (Å²) in [6.07, 6.45) is 13.4. The maximum Gasteiger partial charge on any atom is 0.152 e. The second-order valence-corrected chi connectivity index (χ2v) is 12.0. The third-order valence-electron chi connectivity index (χ3n) is 10.5. The SMILES string of the molecule is B[C@]1(C(=O)Cn2cc(C#N)cn2)CC[C@H]2[C@@H]3CC[C@@H]4C[C@](C)(O)CC[C@@H]4[C@H]3CC[C@@]21C. The Labute approximate surface area is 187 Å². The van der Waals surface area contributed by atoms with E-state index in [2.05, 4.69) is 25.9 Å². The Bertz CT molecular complexity index is 920. The maximum atomic E-state index is 13.6. The lowest BCUT2D eigenvalue weighted by Gasteiger charge is -2.58. The van der Waals surface area contributed by atoms with Gasteiger partial charge in [-0.05, 0) is 99.7 Å². The number of nitriles is 1. The molecule has 0 saturated heterocycles. The van der Waals surface area contributed by atoms with Gasteiger partial charge in [-0.3, -0.25) is 9.48 Å². The molecule has 4 aliphatic rings. The van der Waals surface area contributed by atoms with E-state index in [0.29, 0.717) is 17.4 Å². The Morgan fingerprint density at radius 1 is 1.19 bits per heavy atom. The van der Waals surface area contributed by atoms with Gasteiger partial charge in [0.2, 0.25) is 0 Å². The molecular formula is C25H36BN3O2. The number of fused-ring (bicyclic) bond motifs is 5. The molecule has 0 radical (unpaired) electrons. The molecule has 0 spiro atoms. The van der Waals surface area contributed by atoms with Crippen LogP contribution in [0.2, 0.25) is 5.31 Å². The molecule has 8 atom stereocenters. The molecule has 1 N–H and O–H groups in total. The van der Waals surface area contributed by atoms with Gasteiger partial charge < -0.3 is 5.11 Å². The quantitative estimate of drug-likeness (QED) is 0.758. The molecule has 1 heterocycles. The van der Waals surface area contributed by atoms with E-state index < -0.39 is 5.60 Å². The van der Waals surface area contributed by atoms with Crippen molar-refractivity contribution in [2.75, 3.05) is 0 Å². The second kappa shape index (κ2) is 7.20. The van der Waals surface area contributed by atoms with Crippen molar-refractivity contribution in [3.05, 3.63) is 18.0 Å². The molecule has 5 nitrogen and oxygen atoms in total. The molecule has 5 rings (SSSR count). The summed E-state index contributed by atoms with van der Waals surface area (Å²) in [5, 5.41) is 23.6. The van der Waals surface area contributed by atoms with Crippen LogP contribution in [0.5, 0.6) is 0 Å². The Hall–Kier alpha value is -1.61. The standard InChI is InChI=1S/C25H36BN3O2/c1-23(31)8-5-18-17(11-23)3-4-20-19(18)6-9-24(2)21(20)7-10-25(24,26)22(30)15-29-14-16(12-27)13-28-29/h13-14,17-21,31H,3-11,15,26H2,1-2H3/t17-,18+,19-,20-,21+,23-,24+,25+/m1/s1. The van der Waals surface area contributed by atoms with Crippen molar-refractivity contribution in [2.45, 2.75) is 89.1 Å². The van der Waals surface area contributed by atoms with Crippen LogP contribution in [0.3, 0.4) is 0 Å². The Balaban J connectivity index is 1.35. The smallest absolute Gasteiger partial charge is 0.152 e. The van der Waals surface area contributed by atoms with Crippen molar-refractivity contribution in [2.24, 2.45) is 35.0 Å². The van der Waals surface area contributed by atoms with Crippen molar-refractivity contribution in [1.82, 2.24) is 9.78 Å². The largest absolute Gasteiger partial charge is 0.390 e. The predicted molar refractivity (Wildman–Crippen MR) is 121 cm³/mol. The van der Waals surface area contributed by atoms with E-state index in [4.69, 9.17) is 5.26 Å². The molecule has 6 heteroatoms. The van der Waals surface area contributed by atoms with E-state index in [1.54, 1.807) is 17.1 Å². The van der Waals surface area contributed by atoms with E-state index in [-0.39, 0.29) is 23.1 Å². The monoisotopic (exact) mass is 421 g/mol. The third-order valence-corrected chi connectivity index (χ3v) is 10.5. The summed E-state index contributed by atoms with van der Waals surface area (Å²) in [5.74, 6) is 3.92. The summed E-state index contributed by atoms with van der Waals surface area (Å²) in [4.78, 5) is 13.6. The molecule has 4 saturated carbocycles. The van der Waals surface area contributed by atoms with Crippen LogP contribution >= 0.6 is 0 Å². The molecule has 4 fully saturated rings. The normalized spacial score (nSPS) is 46.5. The Kier molecular flexibility index (Phi) is 4.94. The van der Waals surface area contributed by atoms with Gasteiger partial charge in [-0.15, -0.1) is 0 Å². The number of Topliss-reactive ketones (excluding diaryl/α,β-unsaturated/α-hetero) is 1. The molecule has 31 heavy (non-hydrogen) atoms. The van der Waals surface area contributed by atoms with Crippen molar-refractivity contribution in [1.29, 1.82) is 5.26 Å². The highest BCUT2D eigenvalue weighted by Crippen LogP contribution is 2.70. The Morgan fingerprint density at radius 2 is 1.97 bits per heavy atom. The zero-order valence-electron chi connectivity index (χ0n) is 19.3. The van der Waals surface area contributed by atoms with E-state index in [9.17, 15) is 9.90 Å². The molecule has 4 aliphatic carbocycles. The van der Waals surface area contributed by atoms with E-state index >= 15 is 0 Å². The van der Waals surface area contributed by atoms with Crippen LogP contribution in [0.25, 0.3) is 0 Å². The minimum atomic E-state index is -0.465. The first kappa shape index (κ1) is 21.3. The molecule has 1 aromatic heterocycles. The Morgan fingerprint density at radius 3 is 2.71 bits per heavy atom. The predicted octanol–water partition coefficient (Wildman–Crippen LogP) is 3.52. The van der Waals surface area contributed by atoms with Crippen molar-refractivity contribution >= 4 is 13.6 Å². The topological polar surface area (TPSA) is 78.9 Å². The van der Waals surface area contributed by atoms with Gasteiger partial charge in [0, 0.05) is 11.5 Å². The summed E-state index contributed by atoms with van der Waals surface area (Å²) in [6, 6.07) is 2.10. The lowest BCUT2D eigenvalue weighted by Crippen LogP contribution is -2.52. The molecule has 0 bridgehead atoms. The zero-order valence-corrected chi connectivity index (χ0v) is 19.3. The second-order valence-electron chi connectivity index (χ2n) is 12.0. The molecule has 166 valence electrons. The summed E-state index contributed by atoms with van der Waals surface area (Å²) in [5.41, 5.74) is 0.105. The number of hydrogen-bond donors (Lipinski definition) is 1. The van der Waals surface area contributed by atoms with E-state index in [1.165, 1.54) is 25.7 Å². The van der Waals surface area contributed by atoms with Crippen LogP contribution in [-0.4, -0.2) is 34.1 Å². The van der Waals surface area contributed by atoms with Crippen LogP contribution in [0, 0.1) is 46.3 Å². The fourth-order valence-electron chi connectivity index (χ4n) is 8.64. The number of carbonyl (C=O) groups is 1. The van der Waals surface area contributed by atoms with Gasteiger partial charge >= 0.3 is 0 Å². The fraction of sp³-hybridized carbons (Fsp3) is 0.800. The first-order chi connectivity index (χ1) is 14.7. The van der Waals surface area contributed by atoms with Gasteiger partial charge in [0.25, 0.3) is 0 Å². The lowest BCUT2D eigenvalue weighted by molar-refractivity contribution is -0.131. The van der Waals surface area contributed by atoms with Crippen molar-refractivity contribution in [3.8, 4) is 6.07 Å². The number of nitrogens with zero attached hydrogens (tertiary/aromatic N) is 3. The number of carbonyl (C=O) groups excluding carboxylic acids is 1. The van der Waals surface area contributed by atoms with E-state index in [0.717, 1.165) is 49.9 Å². The van der Waals surface area contributed by atoms with Crippen LogP contribution in [0.4, 0.5) is 0 Å². The minimum Gasteiger partial charge on any atom is -0.390 e. The van der Waals surface area contributed by atoms with Gasteiger partial charge in [-0.1, -0.05) is 6.92 Å². The molecule has 0 aromatic carbocycles. The fourth-order valence-corrected chi connectivity index (χ4v) is 8.64. The van der Waals surface area contributed by atoms with Gasteiger partial charge in [0.05, 0.1) is 23.9 Å². The minimum absolute atomic E-state index is 0.0590. The highest BCUT2D eigenvalue weighted by atomic mass is 16.3. The van der Waals surface area contributed by atoms with Gasteiger partial charge in [-0.2, -0.15) is 10.4 Å². The van der Waals surface area contributed by atoms with Crippen molar-refractivity contribution in [3.63, 3.8) is 0 Å². The van der Waals surface area contributed by atoms with Gasteiger partial charge in [0.1, 0.15) is 13.9 Å². The summed E-state index contributed by atoms with van der Waals surface area (Å²) in [6.45, 7) is 4.70. The van der Waals surface area contributed by atoms with Crippen molar-refractivity contribution < 1.29 is 9.90 Å². The average molecular weight is 421 g/mol. The van der Waals surface area contributed by atoms with Crippen LogP contribution in [0.15, 0.2) is 12.4 Å². The van der Waals surface area contributed by atoms with Crippen LogP contribution < -0.4 is 0 Å².